The van der Waals surface area contributed by atoms with E-state index < -0.39 is 6.04 Å². The molecule has 1 aliphatic heterocycles. The predicted molar refractivity (Wildman–Crippen MR) is 97.8 cm³/mol. The lowest BCUT2D eigenvalue weighted by molar-refractivity contribution is -0.127. The van der Waals surface area contributed by atoms with Crippen LogP contribution in [0.2, 0.25) is 0 Å². The molecule has 1 saturated heterocycles. The van der Waals surface area contributed by atoms with Crippen molar-refractivity contribution in [2.75, 3.05) is 0 Å². The van der Waals surface area contributed by atoms with E-state index in [-0.39, 0.29) is 29.9 Å². The van der Waals surface area contributed by atoms with Crippen molar-refractivity contribution >= 4 is 23.3 Å². The van der Waals surface area contributed by atoms with Crippen LogP contribution in [0.5, 0.6) is 0 Å². The molecule has 0 saturated carbocycles. The van der Waals surface area contributed by atoms with Crippen molar-refractivity contribution in [1.82, 2.24) is 30.2 Å². The van der Waals surface area contributed by atoms with Crippen molar-refractivity contribution in [1.29, 1.82) is 0 Å². The Kier molecular flexibility index (Phi) is 4.83. The lowest BCUT2D eigenvalue weighted by Gasteiger charge is -2.14. The monoisotopic (exact) mass is 376 g/mol. The molecule has 0 bridgehead atoms. The van der Waals surface area contributed by atoms with E-state index in [9.17, 15) is 9.59 Å². The SMILES string of the molecule is CC(C)n1cc(CC2NC(=O)N(Cc3nc(C(C)(C)C)cs3)C2=O)nn1. The van der Waals surface area contributed by atoms with Gasteiger partial charge in [-0.3, -0.25) is 9.69 Å². The molecule has 0 spiro atoms. The normalized spacial score (nSPS) is 18.1. The highest BCUT2D eigenvalue weighted by Crippen LogP contribution is 2.25. The van der Waals surface area contributed by atoms with Gasteiger partial charge in [0.1, 0.15) is 11.0 Å². The molecule has 3 rings (SSSR count). The Balaban J connectivity index is 1.67. The van der Waals surface area contributed by atoms with Crippen molar-refractivity contribution in [2.24, 2.45) is 0 Å². The summed E-state index contributed by atoms with van der Waals surface area (Å²) in [6, 6.07) is -0.797. The zero-order valence-electron chi connectivity index (χ0n) is 15.7. The molecule has 3 heterocycles. The number of urea groups is 1. The van der Waals surface area contributed by atoms with Crippen molar-refractivity contribution in [2.45, 2.75) is 65.1 Å². The molecule has 0 radical (unpaired) electrons. The molecule has 140 valence electrons. The number of imide groups is 1. The van der Waals surface area contributed by atoms with Gasteiger partial charge in [0.25, 0.3) is 5.91 Å². The quantitative estimate of drug-likeness (QED) is 0.808. The van der Waals surface area contributed by atoms with E-state index in [1.807, 2.05) is 25.4 Å². The highest BCUT2D eigenvalue weighted by atomic mass is 32.1. The van der Waals surface area contributed by atoms with Gasteiger partial charge in [-0.05, 0) is 13.8 Å². The molecule has 0 aliphatic carbocycles. The van der Waals surface area contributed by atoms with E-state index >= 15 is 0 Å². The van der Waals surface area contributed by atoms with Crippen LogP contribution in [0.15, 0.2) is 11.6 Å². The lowest BCUT2D eigenvalue weighted by atomic mass is 9.93. The Morgan fingerprint density at radius 3 is 2.62 bits per heavy atom. The molecule has 1 unspecified atom stereocenters. The maximum absolute atomic E-state index is 12.6. The number of hydrogen-bond acceptors (Lipinski definition) is 6. The van der Waals surface area contributed by atoms with E-state index in [0.29, 0.717) is 12.1 Å². The summed E-state index contributed by atoms with van der Waals surface area (Å²) in [7, 11) is 0. The molecule has 2 aromatic rings. The Bertz CT molecular complexity index is 819. The molecule has 0 aromatic carbocycles. The highest BCUT2D eigenvalue weighted by molar-refractivity contribution is 7.09. The number of rotatable bonds is 5. The first-order valence-electron chi connectivity index (χ1n) is 8.62. The number of amides is 3. The fourth-order valence-corrected chi connectivity index (χ4v) is 3.61. The van der Waals surface area contributed by atoms with Crippen molar-refractivity contribution in [3.05, 3.63) is 28.0 Å². The van der Waals surface area contributed by atoms with Crippen molar-refractivity contribution < 1.29 is 9.59 Å². The molecule has 1 aliphatic rings. The van der Waals surface area contributed by atoms with E-state index in [4.69, 9.17) is 0 Å². The first-order valence-corrected chi connectivity index (χ1v) is 9.50. The minimum Gasteiger partial charge on any atom is -0.325 e. The molecule has 1 fully saturated rings. The van der Waals surface area contributed by atoms with Gasteiger partial charge in [0, 0.05) is 29.5 Å². The predicted octanol–water partition coefficient (Wildman–Crippen LogP) is 2.28. The van der Waals surface area contributed by atoms with Gasteiger partial charge in [-0.1, -0.05) is 26.0 Å². The molecule has 3 amide bonds. The summed E-state index contributed by atoms with van der Waals surface area (Å²) in [4.78, 5) is 30.7. The van der Waals surface area contributed by atoms with Crippen LogP contribution in [0.3, 0.4) is 0 Å². The van der Waals surface area contributed by atoms with Gasteiger partial charge in [0.15, 0.2) is 0 Å². The molecule has 2 aromatic heterocycles. The third kappa shape index (κ3) is 3.77. The first kappa shape index (κ1) is 18.5. The zero-order valence-corrected chi connectivity index (χ0v) is 16.5. The van der Waals surface area contributed by atoms with E-state index in [1.54, 1.807) is 4.68 Å². The number of carbonyl (C=O) groups excluding carboxylic acids is 2. The molecule has 8 nitrogen and oxygen atoms in total. The van der Waals surface area contributed by atoms with Crippen molar-refractivity contribution in [3.63, 3.8) is 0 Å². The number of carbonyl (C=O) groups is 2. The van der Waals surface area contributed by atoms with Crippen LogP contribution in [-0.4, -0.2) is 42.9 Å². The van der Waals surface area contributed by atoms with E-state index in [0.717, 1.165) is 10.7 Å². The Labute approximate surface area is 156 Å². The van der Waals surface area contributed by atoms with Crippen LogP contribution in [0.1, 0.15) is 57.1 Å². The Morgan fingerprint density at radius 1 is 1.31 bits per heavy atom. The second kappa shape index (κ2) is 6.79. The third-order valence-electron chi connectivity index (χ3n) is 4.22. The summed E-state index contributed by atoms with van der Waals surface area (Å²) in [6.07, 6.45) is 2.14. The molecular weight excluding hydrogens is 352 g/mol. The summed E-state index contributed by atoms with van der Waals surface area (Å²) in [5.41, 5.74) is 1.59. The molecule has 1 N–H and O–H groups in total. The molecule has 9 heteroatoms. The van der Waals surface area contributed by atoms with Gasteiger partial charge in [0.2, 0.25) is 0 Å². The second-order valence-corrected chi connectivity index (χ2v) is 8.73. The molecule has 1 atom stereocenters. The average molecular weight is 376 g/mol. The fourth-order valence-electron chi connectivity index (χ4n) is 2.60. The molecular formula is C17H24N6O2S. The van der Waals surface area contributed by atoms with E-state index in [1.165, 1.54) is 16.2 Å². The largest absolute Gasteiger partial charge is 0.325 e. The maximum Gasteiger partial charge on any atom is 0.325 e. The second-order valence-electron chi connectivity index (χ2n) is 7.79. The highest BCUT2D eigenvalue weighted by Gasteiger charge is 2.39. The van der Waals surface area contributed by atoms with Crippen LogP contribution in [-0.2, 0) is 23.2 Å². The van der Waals surface area contributed by atoms with Crippen LogP contribution in [0.4, 0.5) is 4.79 Å². The van der Waals surface area contributed by atoms with Gasteiger partial charge < -0.3 is 5.32 Å². The summed E-state index contributed by atoms with van der Waals surface area (Å²) in [5, 5.41) is 13.6. The van der Waals surface area contributed by atoms with Crippen LogP contribution < -0.4 is 5.32 Å². The Hall–Kier alpha value is -2.29. The molecule has 26 heavy (non-hydrogen) atoms. The van der Waals surface area contributed by atoms with Crippen LogP contribution >= 0.6 is 11.3 Å². The fraction of sp³-hybridized carbons (Fsp3) is 0.588. The number of aromatic nitrogens is 4. The topological polar surface area (TPSA) is 93.0 Å². The minimum atomic E-state index is -0.609. The lowest BCUT2D eigenvalue weighted by Crippen LogP contribution is -2.32. The summed E-state index contributed by atoms with van der Waals surface area (Å²) in [6.45, 7) is 10.4. The summed E-state index contributed by atoms with van der Waals surface area (Å²) in [5.74, 6) is -0.249. The Morgan fingerprint density at radius 2 is 2.04 bits per heavy atom. The summed E-state index contributed by atoms with van der Waals surface area (Å²) < 4.78 is 1.73. The van der Waals surface area contributed by atoms with Gasteiger partial charge in [-0.15, -0.1) is 16.4 Å². The minimum absolute atomic E-state index is 0.0587. The number of thiazole rings is 1. The zero-order chi connectivity index (χ0) is 19.1. The first-order chi connectivity index (χ1) is 12.1. The average Bonchev–Trinajstić information content (AvgIpc) is 3.24. The summed E-state index contributed by atoms with van der Waals surface area (Å²) >= 11 is 1.47. The van der Waals surface area contributed by atoms with Gasteiger partial charge in [-0.2, -0.15) is 0 Å². The number of hydrogen-bond donors (Lipinski definition) is 1. The van der Waals surface area contributed by atoms with Gasteiger partial charge >= 0.3 is 6.03 Å². The number of nitrogens with one attached hydrogen (secondary N) is 1. The van der Waals surface area contributed by atoms with Crippen LogP contribution in [0.25, 0.3) is 0 Å². The van der Waals surface area contributed by atoms with Gasteiger partial charge in [-0.25, -0.2) is 14.5 Å². The van der Waals surface area contributed by atoms with Gasteiger partial charge in [0.05, 0.1) is 17.9 Å². The third-order valence-corrected chi connectivity index (χ3v) is 5.05. The van der Waals surface area contributed by atoms with Crippen molar-refractivity contribution in [3.8, 4) is 0 Å². The van der Waals surface area contributed by atoms with Crippen LogP contribution in [0, 0.1) is 0 Å². The smallest absolute Gasteiger partial charge is 0.325 e. The standard InChI is InChI=1S/C17H24N6O2S/c1-10(2)23-7-11(20-21-23)6-12-15(24)22(16(25)18-12)8-14-19-13(9-26-14)17(3,4)5/h7,9-10,12H,6,8H2,1-5H3,(H,18,25). The van der Waals surface area contributed by atoms with E-state index in [2.05, 4.69) is 41.4 Å². The number of nitrogens with zero attached hydrogens (tertiary/aromatic N) is 5. The maximum atomic E-state index is 12.6.